The number of hydrogen-bond donors (Lipinski definition) is 1. The topological polar surface area (TPSA) is 33.1 Å². The molecule has 0 spiro atoms. The SMILES string of the molecule is OC(CCC1CCCCC1)c1nccs1. The van der Waals surface area contributed by atoms with Crippen LogP contribution in [0.2, 0.25) is 0 Å². The van der Waals surface area contributed by atoms with Gasteiger partial charge in [0.25, 0.3) is 0 Å². The Labute approximate surface area is 95.4 Å². The summed E-state index contributed by atoms with van der Waals surface area (Å²) in [5.74, 6) is 0.855. The third kappa shape index (κ3) is 3.28. The summed E-state index contributed by atoms with van der Waals surface area (Å²) in [4.78, 5) is 4.15. The Kier molecular flexibility index (Phi) is 4.15. The molecule has 15 heavy (non-hydrogen) atoms. The highest BCUT2D eigenvalue weighted by Gasteiger charge is 2.16. The van der Waals surface area contributed by atoms with E-state index in [1.165, 1.54) is 38.5 Å². The maximum absolute atomic E-state index is 9.89. The van der Waals surface area contributed by atoms with Gasteiger partial charge in [-0.3, -0.25) is 0 Å². The van der Waals surface area contributed by atoms with Crippen LogP contribution in [0.15, 0.2) is 11.6 Å². The third-order valence-electron chi connectivity index (χ3n) is 3.31. The van der Waals surface area contributed by atoms with Gasteiger partial charge in [-0.15, -0.1) is 11.3 Å². The number of aliphatic hydroxyl groups is 1. The summed E-state index contributed by atoms with van der Waals surface area (Å²) in [6.45, 7) is 0. The van der Waals surface area contributed by atoms with Gasteiger partial charge in [-0.05, 0) is 18.8 Å². The molecule has 0 amide bonds. The fourth-order valence-corrected chi connectivity index (χ4v) is 3.05. The van der Waals surface area contributed by atoms with Crippen molar-refractivity contribution in [2.24, 2.45) is 5.92 Å². The molecule has 0 bridgehead atoms. The maximum Gasteiger partial charge on any atom is 0.121 e. The Hall–Kier alpha value is -0.410. The minimum atomic E-state index is -0.327. The molecule has 84 valence electrons. The van der Waals surface area contributed by atoms with E-state index in [0.717, 1.165) is 17.3 Å². The summed E-state index contributed by atoms with van der Waals surface area (Å²) in [5.41, 5.74) is 0. The quantitative estimate of drug-likeness (QED) is 0.850. The molecular weight excluding hydrogens is 206 g/mol. The van der Waals surface area contributed by atoms with E-state index < -0.39 is 0 Å². The molecule has 1 aliphatic carbocycles. The first-order valence-electron chi connectivity index (χ1n) is 5.93. The molecule has 0 saturated heterocycles. The fourth-order valence-electron chi connectivity index (χ4n) is 2.39. The van der Waals surface area contributed by atoms with Gasteiger partial charge >= 0.3 is 0 Å². The van der Waals surface area contributed by atoms with Crippen LogP contribution in [-0.4, -0.2) is 10.1 Å². The van der Waals surface area contributed by atoms with E-state index >= 15 is 0 Å². The summed E-state index contributed by atoms with van der Waals surface area (Å²) in [6.07, 6.45) is 10.4. The molecule has 1 fully saturated rings. The second kappa shape index (κ2) is 5.61. The first kappa shape index (κ1) is 11.1. The zero-order valence-electron chi connectivity index (χ0n) is 9.06. The van der Waals surface area contributed by atoms with Crippen molar-refractivity contribution < 1.29 is 5.11 Å². The minimum absolute atomic E-state index is 0.327. The highest BCUT2D eigenvalue weighted by Crippen LogP contribution is 2.30. The second-order valence-electron chi connectivity index (χ2n) is 4.47. The van der Waals surface area contributed by atoms with E-state index in [4.69, 9.17) is 0 Å². The predicted octanol–water partition coefficient (Wildman–Crippen LogP) is 3.54. The molecule has 1 saturated carbocycles. The summed E-state index contributed by atoms with van der Waals surface area (Å²) in [5, 5.41) is 12.7. The van der Waals surface area contributed by atoms with Gasteiger partial charge < -0.3 is 5.11 Å². The van der Waals surface area contributed by atoms with E-state index in [-0.39, 0.29) is 6.10 Å². The average molecular weight is 225 g/mol. The summed E-state index contributed by atoms with van der Waals surface area (Å²) >= 11 is 1.56. The molecule has 1 aromatic rings. The standard InChI is InChI=1S/C12H19NOS/c14-11(12-13-8-9-15-12)7-6-10-4-2-1-3-5-10/h8-11,14H,1-7H2. The van der Waals surface area contributed by atoms with Gasteiger partial charge in [0.1, 0.15) is 11.1 Å². The minimum Gasteiger partial charge on any atom is -0.386 e. The van der Waals surface area contributed by atoms with Crippen molar-refractivity contribution in [3.63, 3.8) is 0 Å². The monoisotopic (exact) mass is 225 g/mol. The van der Waals surface area contributed by atoms with Gasteiger partial charge in [0.05, 0.1) is 0 Å². The van der Waals surface area contributed by atoms with Crippen LogP contribution in [0.5, 0.6) is 0 Å². The number of nitrogens with zero attached hydrogens (tertiary/aromatic N) is 1. The number of aliphatic hydroxyl groups excluding tert-OH is 1. The van der Waals surface area contributed by atoms with Crippen molar-refractivity contribution in [2.75, 3.05) is 0 Å². The summed E-state index contributed by atoms with van der Waals surface area (Å²) in [6, 6.07) is 0. The van der Waals surface area contributed by atoms with Crippen LogP contribution in [0.4, 0.5) is 0 Å². The van der Waals surface area contributed by atoms with E-state index in [1.54, 1.807) is 17.5 Å². The molecule has 1 heterocycles. The lowest BCUT2D eigenvalue weighted by Crippen LogP contribution is -2.08. The van der Waals surface area contributed by atoms with Crippen LogP contribution < -0.4 is 0 Å². The van der Waals surface area contributed by atoms with Crippen LogP contribution in [0.25, 0.3) is 0 Å². The molecule has 2 nitrogen and oxygen atoms in total. The maximum atomic E-state index is 9.89. The molecule has 2 rings (SSSR count). The van der Waals surface area contributed by atoms with Crippen LogP contribution in [0, 0.1) is 5.92 Å². The zero-order valence-corrected chi connectivity index (χ0v) is 9.88. The van der Waals surface area contributed by atoms with Crippen LogP contribution in [0.3, 0.4) is 0 Å². The largest absolute Gasteiger partial charge is 0.386 e. The molecule has 0 radical (unpaired) electrons. The molecular formula is C12H19NOS. The van der Waals surface area contributed by atoms with Crippen molar-refractivity contribution in [3.8, 4) is 0 Å². The first-order valence-corrected chi connectivity index (χ1v) is 6.81. The lowest BCUT2D eigenvalue weighted by molar-refractivity contribution is 0.151. The van der Waals surface area contributed by atoms with Gasteiger partial charge in [0.15, 0.2) is 0 Å². The Morgan fingerprint density at radius 3 is 2.87 bits per heavy atom. The average Bonchev–Trinajstić information content (AvgIpc) is 2.81. The molecule has 1 unspecified atom stereocenters. The lowest BCUT2D eigenvalue weighted by atomic mass is 9.85. The van der Waals surface area contributed by atoms with Gasteiger partial charge in [0, 0.05) is 11.6 Å². The molecule has 1 atom stereocenters. The van der Waals surface area contributed by atoms with Gasteiger partial charge in [-0.1, -0.05) is 32.1 Å². The Morgan fingerprint density at radius 1 is 1.40 bits per heavy atom. The molecule has 1 aliphatic rings. The molecule has 3 heteroatoms. The second-order valence-corrected chi connectivity index (χ2v) is 5.39. The van der Waals surface area contributed by atoms with E-state index in [9.17, 15) is 5.11 Å². The molecule has 1 N–H and O–H groups in total. The van der Waals surface area contributed by atoms with Crippen molar-refractivity contribution >= 4 is 11.3 Å². The molecule has 0 aromatic carbocycles. The van der Waals surface area contributed by atoms with E-state index in [2.05, 4.69) is 4.98 Å². The third-order valence-corrected chi connectivity index (χ3v) is 4.19. The van der Waals surface area contributed by atoms with Crippen LogP contribution >= 0.6 is 11.3 Å². The van der Waals surface area contributed by atoms with E-state index in [1.807, 2.05) is 5.38 Å². The number of thiazole rings is 1. The highest BCUT2D eigenvalue weighted by atomic mass is 32.1. The lowest BCUT2D eigenvalue weighted by Gasteiger charge is -2.22. The fraction of sp³-hybridized carbons (Fsp3) is 0.750. The van der Waals surface area contributed by atoms with E-state index in [0.29, 0.717) is 0 Å². The van der Waals surface area contributed by atoms with Gasteiger partial charge in [0.2, 0.25) is 0 Å². The molecule has 0 aliphatic heterocycles. The first-order chi connectivity index (χ1) is 7.36. The highest BCUT2D eigenvalue weighted by molar-refractivity contribution is 7.09. The Morgan fingerprint density at radius 2 is 2.20 bits per heavy atom. The summed E-state index contributed by atoms with van der Waals surface area (Å²) < 4.78 is 0. The number of rotatable bonds is 4. The number of aromatic nitrogens is 1. The normalized spacial score (nSPS) is 20.3. The number of hydrogen-bond acceptors (Lipinski definition) is 3. The van der Waals surface area contributed by atoms with Crippen molar-refractivity contribution in [2.45, 2.75) is 51.0 Å². The summed E-state index contributed by atoms with van der Waals surface area (Å²) in [7, 11) is 0. The van der Waals surface area contributed by atoms with Crippen molar-refractivity contribution in [1.82, 2.24) is 4.98 Å². The van der Waals surface area contributed by atoms with Gasteiger partial charge in [-0.2, -0.15) is 0 Å². The Balaban J connectivity index is 1.73. The predicted molar refractivity (Wildman–Crippen MR) is 62.9 cm³/mol. The smallest absolute Gasteiger partial charge is 0.121 e. The zero-order chi connectivity index (χ0) is 10.5. The van der Waals surface area contributed by atoms with Crippen LogP contribution in [0.1, 0.15) is 56.1 Å². The van der Waals surface area contributed by atoms with Crippen LogP contribution in [-0.2, 0) is 0 Å². The van der Waals surface area contributed by atoms with Crippen molar-refractivity contribution in [3.05, 3.63) is 16.6 Å². The van der Waals surface area contributed by atoms with Crippen molar-refractivity contribution in [1.29, 1.82) is 0 Å². The Bertz CT molecular complexity index is 267. The van der Waals surface area contributed by atoms with Gasteiger partial charge in [-0.25, -0.2) is 4.98 Å². The molecule has 1 aromatic heterocycles.